The summed E-state index contributed by atoms with van der Waals surface area (Å²) in [5.74, 6) is 1.61. The Balaban J connectivity index is 1.84. The van der Waals surface area contributed by atoms with E-state index in [0.29, 0.717) is 23.3 Å². The predicted octanol–water partition coefficient (Wildman–Crippen LogP) is 0.172. The van der Waals surface area contributed by atoms with E-state index in [9.17, 15) is 13.5 Å². The van der Waals surface area contributed by atoms with E-state index < -0.39 is 9.84 Å². The molecule has 0 aromatic heterocycles. The van der Waals surface area contributed by atoms with Crippen LogP contribution < -0.4 is 5.32 Å². The van der Waals surface area contributed by atoms with Crippen molar-refractivity contribution in [2.75, 3.05) is 24.7 Å². The van der Waals surface area contributed by atoms with Crippen molar-refractivity contribution in [3.05, 3.63) is 0 Å². The van der Waals surface area contributed by atoms with Crippen LogP contribution >= 0.6 is 0 Å². The van der Waals surface area contributed by atoms with Crippen molar-refractivity contribution in [3.63, 3.8) is 0 Å². The summed E-state index contributed by atoms with van der Waals surface area (Å²) >= 11 is 0. The highest BCUT2D eigenvalue weighted by molar-refractivity contribution is 7.91. The lowest BCUT2D eigenvalue weighted by Gasteiger charge is -2.21. The van der Waals surface area contributed by atoms with Gasteiger partial charge in [-0.15, -0.1) is 0 Å². The highest BCUT2D eigenvalue weighted by Gasteiger charge is 2.37. The number of sulfone groups is 1. The van der Waals surface area contributed by atoms with Crippen molar-refractivity contribution in [3.8, 4) is 0 Å². The van der Waals surface area contributed by atoms with Crippen LogP contribution in [0.5, 0.6) is 0 Å². The third-order valence-corrected chi connectivity index (χ3v) is 5.74. The molecule has 2 aliphatic heterocycles. The van der Waals surface area contributed by atoms with E-state index in [0.717, 1.165) is 25.8 Å². The monoisotopic (exact) mass is 247 g/mol. The Bertz CT molecular complexity index is 354. The third-order valence-electron chi connectivity index (χ3n) is 3.90. The van der Waals surface area contributed by atoms with Crippen LogP contribution in [-0.4, -0.2) is 43.7 Å². The molecule has 0 saturated carbocycles. The maximum Gasteiger partial charge on any atom is 0.150 e. The second-order valence-electron chi connectivity index (χ2n) is 5.67. The molecule has 2 heterocycles. The lowest BCUT2D eigenvalue weighted by molar-refractivity contribution is 0.187. The van der Waals surface area contributed by atoms with E-state index in [4.69, 9.17) is 0 Å². The lowest BCUT2D eigenvalue weighted by Crippen LogP contribution is -2.39. The van der Waals surface area contributed by atoms with E-state index in [-0.39, 0.29) is 12.1 Å². The zero-order chi connectivity index (χ0) is 11.8. The molecule has 2 aliphatic rings. The third kappa shape index (κ3) is 2.76. The molecule has 2 rings (SSSR count). The van der Waals surface area contributed by atoms with Gasteiger partial charge in [-0.25, -0.2) is 8.42 Å². The highest BCUT2D eigenvalue weighted by Crippen LogP contribution is 2.32. The van der Waals surface area contributed by atoms with Gasteiger partial charge < -0.3 is 10.4 Å². The summed E-state index contributed by atoms with van der Waals surface area (Å²) in [6.45, 7) is 3.10. The summed E-state index contributed by atoms with van der Waals surface area (Å²) in [6, 6.07) is 0. The molecule has 0 aliphatic carbocycles. The van der Waals surface area contributed by atoms with Crippen LogP contribution in [0.4, 0.5) is 0 Å². The topological polar surface area (TPSA) is 66.4 Å². The van der Waals surface area contributed by atoms with Gasteiger partial charge in [0, 0.05) is 5.54 Å². The number of hydrogen-bond acceptors (Lipinski definition) is 4. The van der Waals surface area contributed by atoms with Crippen LogP contribution in [0.25, 0.3) is 0 Å². The van der Waals surface area contributed by atoms with Gasteiger partial charge in [0.25, 0.3) is 0 Å². The fourth-order valence-corrected chi connectivity index (χ4v) is 4.87. The molecule has 3 unspecified atom stereocenters. The molecule has 4 nitrogen and oxygen atoms in total. The molecule has 0 amide bonds. The molecule has 2 N–H and O–H groups in total. The Morgan fingerprint density at radius 2 is 2.19 bits per heavy atom. The predicted molar refractivity (Wildman–Crippen MR) is 63.0 cm³/mol. The fraction of sp³-hybridized carbons (Fsp3) is 1.00. The van der Waals surface area contributed by atoms with Gasteiger partial charge in [0.2, 0.25) is 0 Å². The molecule has 94 valence electrons. The normalized spacial score (nSPS) is 42.6. The van der Waals surface area contributed by atoms with Gasteiger partial charge in [0.15, 0.2) is 9.84 Å². The van der Waals surface area contributed by atoms with Crippen LogP contribution in [0.15, 0.2) is 0 Å². The molecule has 0 aromatic rings. The molecule has 3 atom stereocenters. The van der Waals surface area contributed by atoms with Gasteiger partial charge in [0.1, 0.15) is 0 Å². The first-order valence-corrected chi connectivity index (χ1v) is 7.81. The van der Waals surface area contributed by atoms with Crippen molar-refractivity contribution >= 4 is 9.84 Å². The van der Waals surface area contributed by atoms with Crippen LogP contribution in [0.2, 0.25) is 0 Å². The van der Waals surface area contributed by atoms with Gasteiger partial charge >= 0.3 is 0 Å². The van der Waals surface area contributed by atoms with Crippen LogP contribution in [0.1, 0.15) is 26.2 Å². The first-order chi connectivity index (χ1) is 7.42. The number of hydrogen-bond donors (Lipinski definition) is 2. The summed E-state index contributed by atoms with van der Waals surface area (Å²) in [5.41, 5.74) is -0.151. The van der Waals surface area contributed by atoms with Crippen molar-refractivity contribution in [2.24, 2.45) is 11.8 Å². The van der Waals surface area contributed by atoms with Gasteiger partial charge in [-0.2, -0.15) is 0 Å². The Kier molecular flexibility index (Phi) is 3.29. The fourth-order valence-electron chi connectivity index (χ4n) is 2.99. The second kappa shape index (κ2) is 4.27. The first kappa shape index (κ1) is 12.3. The number of rotatable bonds is 3. The number of nitrogens with one attached hydrogen (secondary N) is 1. The van der Waals surface area contributed by atoms with Crippen molar-refractivity contribution in [2.45, 2.75) is 31.7 Å². The quantitative estimate of drug-likeness (QED) is 0.746. The van der Waals surface area contributed by atoms with Gasteiger partial charge in [-0.3, -0.25) is 0 Å². The van der Waals surface area contributed by atoms with Gasteiger partial charge in [0.05, 0.1) is 18.1 Å². The summed E-state index contributed by atoms with van der Waals surface area (Å²) in [6.07, 6.45) is 2.77. The summed E-state index contributed by atoms with van der Waals surface area (Å²) < 4.78 is 22.7. The summed E-state index contributed by atoms with van der Waals surface area (Å²) in [5, 5.41) is 12.6. The Morgan fingerprint density at radius 3 is 2.69 bits per heavy atom. The second-order valence-corrected chi connectivity index (χ2v) is 7.90. The zero-order valence-electron chi connectivity index (χ0n) is 9.78. The zero-order valence-corrected chi connectivity index (χ0v) is 10.6. The Labute approximate surface area is 97.3 Å². The Hall–Kier alpha value is -0.130. The molecular formula is C11H21NO3S. The Morgan fingerprint density at radius 1 is 1.44 bits per heavy atom. The molecule has 0 bridgehead atoms. The lowest BCUT2D eigenvalue weighted by atomic mass is 9.88. The van der Waals surface area contributed by atoms with Gasteiger partial charge in [-0.1, -0.05) is 0 Å². The van der Waals surface area contributed by atoms with E-state index in [1.807, 2.05) is 6.92 Å². The minimum Gasteiger partial charge on any atom is -0.394 e. The SMILES string of the molecule is CC1(CO)CC(CC2CCS(=O)(=O)C2)CN1. The average Bonchev–Trinajstić information content (AvgIpc) is 2.72. The molecular weight excluding hydrogens is 226 g/mol. The van der Waals surface area contributed by atoms with E-state index in [2.05, 4.69) is 5.32 Å². The largest absolute Gasteiger partial charge is 0.394 e. The number of aliphatic hydroxyl groups is 1. The van der Waals surface area contributed by atoms with E-state index >= 15 is 0 Å². The smallest absolute Gasteiger partial charge is 0.150 e. The summed E-state index contributed by atoms with van der Waals surface area (Å²) in [4.78, 5) is 0. The molecule has 0 spiro atoms. The maximum absolute atomic E-state index is 11.3. The molecule has 5 heteroatoms. The van der Waals surface area contributed by atoms with Crippen molar-refractivity contribution in [1.82, 2.24) is 5.32 Å². The summed E-state index contributed by atoms with van der Waals surface area (Å²) in [7, 11) is -2.74. The standard InChI is InChI=1S/C11H21NO3S/c1-11(8-13)5-10(6-12-11)4-9-2-3-16(14,15)7-9/h9-10,12-13H,2-8H2,1H3. The molecule has 2 saturated heterocycles. The molecule has 16 heavy (non-hydrogen) atoms. The van der Waals surface area contributed by atoms with Crippen LogP contribution in [0, 0.1) is 11.8 Å². The van der Waals surface area contributed by atoms with Gasteiger partial charge in [-0.05, 0) is 44.6 Å². The minimum absolute atomic E-state index is 0.151. The maximum atomic E-state index is 11.3. The minimum atomic E-state index is -2.74. The highest BCUT2D eigenvalue weighted by atomic mass is 32.2. The molecule has 0 radical (unpaired) electrons. The van der Waals surface area contributed by atoms with Crippen LogP contribution in [-0.2, 0) is 9.84 Å². The van der Waals surface area contributed by atoms with Crippen LogP contribution in [0.3, 0.4) is 0 Å². The molecule has 0 aromatic carbocycles. The molecule has 2 fully saturated rings. The van der Waals surface area contributed by atoms with Crippen molar-refractivity contribution in [1.29, 1.82) is 0 Å². The average molecular weight is 247 g/mol. The van der Waals surface area contributed by atoms with E-state index in [1.54, 1.807) is 0 Å². The first-order valence-electron chi connectivity index (χ1n) is 5.99. The number of aliphatic hydroxyl groups excluding tert-OH is 1. The van der Waals surface area contributed by atoms with Crippen molar-refractivity contribution < 1.29 is 13.5 Å². The van der Waals surface area contributed by atoms with E-state index in [1.165, 1.54) is 0 Å².